The number of methoxy groups -OCH3 is 1. The van der Waals surface area contributed by atoms with Crippen LogP contribution in [-0.4, -0.2) is 25.7 Å². The number of carbonyl (C=O) groups is 1. The van der Waals surface area contributed by atoms with E-state index in [4.69, 9.17) is 0 Å². The largest absolute Gasteiger partial charge is 0.468 e. The van der Waals surface area contributed by atoms with Crippen molar-refractivity contribution in [2.75, 3.05) is 13.7 Å². The van der Waals surface area contributed by atoms with Crippen molar-refractivity contribution in [3.8, 4) is 0 Å². The number of esters is 1. The molecule has 1 atom stereocenters. The van der Waals surface area contributed by atoms with Crippen LogP contribution in [0.2, 0.25) is 0 Å². The molecular weight excluding hydrogens is 178 g/mol. The average Bonchev–Trinajstić information content (AvgIpc) is 2.13. The highest BCUT2D eigenvalue weighted by Gasteiger charge is 2.05. The van der Waals surface area contributed by atoms with Crippen molar-refractivity contribution >= 4 is 5.97 Å². The molecule has 0 rings (SSSR count). The van der Waals surface area contributed by atoms with Crippen LogP contribution in [0.1, 0.15) is 40.0 Å². The lowest BCUT2D eigenvalue weighted by molar-refractivity contribution is -0.139. The summed E-state index contributed by atoms with van der Waals surface area (Å²) in [4.78, 5) is 10.8. The van der Waals surface area contributed by atoms with Gasteiger partial charge in [0.05, 0.1) is 13.7 Å². The fourth-order valence-electron chi connectivity index (χ4n) is 1.26. The smallest absolute Gasteiger partial charge is 0.319 e. The summed E-state index contributed by atoms with van der Waals surface area (Å²) in [6, 6.07) is 0.396. The number of hydrogen-bond donors (Lipinski definition) is 1. The molecule has 14 heavy (non-hydrogen) atoms. The quantitative estimate of drug-likeness (QED) is 0.640. The molecule has 0 aromatic carbocycles. The molecule has 0 aromatic heterocycles. The van der Waals surface area contributed by atoms with Crippen LogP contribution < -0.4 is 5.32 Å². The van der Waals surface area contributed by atoms with Gasteiger partial charge in [-0.3, -0.25) is 4.79 Å². The Kier molecular flexibility index (Phi) is 7.48. The predicted octanol–water partition coefficient (Wildman–Crippen LogP) is 1.96. The van der Waals surface area contributed by atoms with Crippen LogP contribution in [0.15, 0.2) is 0 Å². The molecule has 0 amide bonds. The van der Waals surface area contributed by atoms with Crippen molar-refractivity contribution in [1.29, 1.82) is 0 Å². The Balaban J connectivity index is 3.36. The molecule has 3 heteroatoms. The van der Waals surface area contributed by atoms with Gasteiger partial charge in [0.2, 0.25) is 0 Å². The Morgan fingerprint density at radius 1 is 1.29 bits per heavy atom. The van der Waals surface area contributed by atoms with Gasteiger partial charge >= 0.3 is 5.97 Å². The molecule has 1 unspecified atom stereocenters. The van der Waals surface area contributed by atoms with Gasteiger partial charge in [-0.25, -0.2) is 0 Å². The lowest BCUT2D eigenvalue weighted by atomic mass is 10.0. The Morgan fingerprint density at radius 3 is 2.43 bits per heavy atom. The molecule has 1 N–H and O–H groups in total. The number of rotatable bonds is 7. The second-order valence-corrected chi connectivity index (χ2v) is 4.18. The van der Waals surface area contributed by atoms with E-state index >= 15 is 0 Å². The summed E-state index contributed by atoms with van der Waals surface area (Å²) in [6.07, 6.45) is 3.59. The predicted molar refractivity (Wildman–Crippen MR) is 58.2 cm³/mol. The molecular formula is C11H23NO2. The third-order valence-corrected chi connectivity index (χ3v) is 2.24. The lowest BCUT2D eigenvalue weighted by Crippen LogP contribution is -2.32. The Bertz CT molecular complexity index is 157. The summed E-state index contributed by atoms with van der Waals surface area (Å²) in [5, 5.41) is 3.13. The Morgan fingerprint density at radius 2 is 1.93 bits per heavy atom. The minimum absolute atomic E-state index is 0.194. The molecule has 0 bridgehead atoms. The lowest BCUT2D eigenvalue weighted by Gasteiger charge is -2.13. The van der Waals surface area contributed by atoms with Gasteiger partial charge in [-0.1, -0.05) is 26.7 Å². The minimum atomic E-state index is -0.194. The number of carbonyl (C=O) groups excluding carboxylic acids is 1. The van der Waals surface area contributed by atoms with Gasteiger partial charge in [-0.05, 0) is 19.3 Å². The van der Waals surface area contributed by atoms with E-state index in [9.17, 15) is 4.79 Å². The van der Waals surface area contributed by atoms with Gasteiger partial charge in [0.15, 0.2) is 0 Å². The summed E-state index contributed by atoms with van der Waals surface area (Å²) in [5.41, 5.74) is 0. The van der Waals surface area contributed by atoms with Crippen molar-refractivity contribution in [3.63, 3.8) is 0 Å². The average molecular weight is 201 g/mol. The van der Waals surface area contributed by atoms with Crippen molar-refractivity contribution in [1.82, 2.24) is 5.32 Å². The maximum absolute atomic E-state index is 10.8. The van der Waals surface area contributed by atoms with Crippen LogP contribution in [0, 0.1) is 5.92 Å². The van der Waals surface area contributed by atoms with E-state index in [1.165, 1.54) is 20.0 Å². The zero-order chi connectivity index (χ0) is 11.0. The summed E-state index contributed by atoms with van der Waals surface area (Å²) >= 11 is 0. The van der Waals surface area contributed by atoms with E-state index in [-0.39, 0.29) is 5.97 Å². The Labute approximate surface area is 87.2 Å². The van der Waals surface area contributed by atoms with Crippen LogP contribution >= 0.6 is 0 Å². The zero-order valence-corrected chi connectivity index (χ0v) is 9.80. The molecule has 0 aliphatic carbocycles. The third-order valence-electron chi connectivity index (χ3n) is 2.24. The first kappa shape index (κ1) is 13.4. The molecule has 0 fully saturated rings. The first-order chi connectivity index (χ1) is 6.56. The standard InChI is InChI=1S/C11H23NO2/c1-9(2)6-5-7-10(3)12-8-11(13)14-4/h9-10,12H,5-8H2,1-4H3. The maximum Gasteiger partial charge on any atom is 0.319 e. The first-order valence-corrected chi connectivity index (χ1v) is 5.36. The molecule has 0 aliphatic rings. The van der Waals surface area contributed by atoms with E-state index in [0.717, 1.165) is 12.3 Å². The summed E-state index contributed by atoms with van der Waals surface area (Å²) in [7, 11) is 1.41. The fourth-order valence-corrected chi connectivity index (χ4v) is 1.26. The molecule has 3 nitrogen and oxygen atoms in total. The van der Waals surface area contributed by atoms with Crippen LogP contribution in [-0.2, 0) is 9.53 Å². The highest BCUT2D eigenvalue weighted by atomic mass is 16.5. The highest BCUT2D eigenvalue weighted by Crippen LogP contribution is 2.07. The topological polar surface area (TPSA) is 38.3 Å². The van der Waals surface area contributed by atoms with Crippen molar-refractivity contribution in [3.05, 3.63) is 0 Å². The number of nitrogens with one attached hydrogen (secondary N) is 1. The molecule has 84 valence electrons. The van der Waals surface area contributed by atoms with Crippen LogP contribution in [0.5, 0.6) is 0 Å². The molecule has 0 aromatic rings. The SMILES string of the molecule is COC(=O)CNC(C)CCCC(C)C. The highest BCUT2D eigenvalue weighted by molar-refractivity contribution is 5.71. The van der Waals surface area contributed by atoms with Gasteiger partial charge in [-0.15, -0.1) is 0 Å². The van der Waals surface area contributed by atoms with Crippen molar-refractivity contribution < 1.29 is 9.53 Å². The first-order valence-electron chi connectivity index (χ1n) is 5.36. The summed E-state index contributed by atoms with van der Waals surface area (Å²) < 4.78 is 4.54. The van der Waals surface area contributed by atoms with Crippen LogP contribution in [0.4, 0.5) is 0 Å². The summed E-state index contributed by atoms with van der Waals surface area (Å²) in [6.45, 7) is 6.88. The van der Waals surface area contributed by atoms with E-state index in [2.05, 4.69) is 30.8 Å². The van der Waals surface area contributed by atoms with E-state index in [0.29, 0.717) is 12.6 Å². The maximum atomic E-state index is 10.8. The fraction of sp³-hybridized carbons (Fsp3) is 0.909. The summed E-state index contributed by atoms with van der Waals surface area (Å²) in [5.74, 6) is 0.573. The van der Waals surface area contributed by atoms with E-state index in [1.54, 1.807) is 0 Å². The molecule has 0 heterocycles. The molecule has 0 saturated heterocycles. The molecule has 0 spiro atoms. The Hall–Kier alpha value is -0.570. The monoisotopic (exact) mass is 201 g/mol. The van der Waals surface area contributed by atoms with Crippen molar-refractivity contribution in [2.45, 2.75) is 46.1 Å². The number of ether oxygens (including phenoxy) is 1. The van der Waals surface area contributed by atoms with Crippen LogP contribution in [0.3, 0.4) is 0 Å². The third kappa shape index (κ3) is 8.05. The van der Waals surface area contributed by atoms with Gasteiger partial charge < -0.3 is 10.1 Å². The molecule has 0 aliphatic heterocycles. The van der Waals surface area contributed by atoms with Crippen molar-refractivity contribution in [2.24, 2.45) is 5.92 Å². The molecule has 0 radical (unpaired) electrons. The number of hydrogen-bond acceptors (Lipinski definition) is 3. The minimum Gasteiger partial charge on any atom is -0.468 e. The second-order valence-electron chi connectivity index (χ2n) is 4.18. The van der Waals surface area contributed by atoms with E-state index in [1.807, 2.05) is 0 Å². The van der Waals surface area contributed by atoms with Gasteiger partial charge in [0.1, 0.15) is 0 Å². The van der Waals surface area contributed by atoms with E-state index < -0.39 is 0 Å². The van der Waals surface area contributed by atoms with Gasteiger partial charge in [0.25, 0.3) is 0 Å². The second kappa shape index (κ2) is 7.80. The van der Waals surface area contributed by atoms with Gasteiger partial charge in [0, 0.05) is 6.04 Å². The zero-order valence-electron chi connectivity index (χ0n) is 9.80. The molecule has 0 saturated carbocycles. The van der Waals surface area contributed by atoms with Gasteiger partial charge in [-0.2, -0.15) is 0 Å². The normalized spacial score (nSPS) is 12.9. The van der Waals surface area contributed by atoms with Crippen LogP contribution in [0.25, 0.3) is 0 Å².